The van der Waals surface area contributed by atoms with Gasteiger partial charge in [-0.3, -0.25) is 9.40 Å². The van der Waals surface area contributed by atoms with E-state index in [1.807, 2.05) is 18.6 Å². The van der Waals surface area contributed by atoms with Crippen LogP contribution in [-0.2, 0) is 14.8 Å². The standard InChI is InChI=1S/C30H34F4N6O3S/c1-16(2)40-29-21(17-4-7-19(8-5-17)36-10-11-43-3)15-37-30(35)27(29)28(38-40)20-13-23(33)25(14-22(20)32)39-44(41,42)26-9-6-18(31)12-24(26)34/h6,9,12-17,19,36,39H,4-5,7-8,10-11H2,1-3H3,(H2,35,37). The zero-order chi connectivity index (χ0) is 31.8. The summed E-state index contributed by atoms with van der Waals surface area (Å²) >= 11 is 0. The van der Waals surface area contributed by atoms with Crippen molar-refractivity contribution in [2.24, 2.45) is 0 Å². The number of fused-ring (bicyclic) bond motifs is 1. The number of nitrogen functional groups attached to an aromatic ring is 1. The second-order valence-corrected chi connectivity index (χ2v) is 12.8. The van der Waals surface area contributed by atoms with Crippen molar-refractivity contribution in [1.29, 1.82) is 0 Å². The predicted molar refractivity (Wildman–Crippen MR) is 160 cm³/mol. The highest BCUT2D eigenvalue weighted by atomic mass is 32.2. The SMILES string of the molecule is COCCNC1CCC(c2cnc(N)c3c(-c4cc(F)c(NS(=O)(=O)c5ccc(F)cc5F)cc4F)nn(C(C)C)c23)CC1. The minimum atomic E-state index is -4.71. The number of rotatable bonds is 10. The molecule has 1 fully saturated rings. The third-order valence-electron chi connectivity index (χ3n) is 7.92. The molecule has 0 aliphatic heterocycles. The lowest BCUT2D eigenvalue weighted by atomic mass is 9.81. The summed E-state index contributed by atoms with van der Waals surface area (Å²) in [6.45, 7) is 5.23. The molecule has 4 aromatic rings. The largest absolute Gasteiger partial charge is 0.383 e. The van der Waals surface area contributed by atoms with Crippen molar-refractivity contribution in [1.82, 2.24) is 20.1 Å². The zero-order valence-corrected chi connectivity index (χ0v) is 25.3. The van der Waals surface area contributed by atoms with E-state index < -0.39 is 43.9 Å². The molecule has 236 valence electrons. The Kier molecular flexibility index (Phi) is 9.14. The molecular formula is C30H34F4N6O3S. The van der Waals surface area contributed by atoms with Gasteiger partial charge in [-0.1, -0.05) is 0 Å². The van der Waals surface area contributed by atoms with Crippen molar-refractivity contribution in [3.05, 3.63) is 65.4 Å². The van der Waals surface area contributed by atoms with Gasteiger partial charge < -0.3 is 15.8 Å². The maximum atomic E-state index is 15.7. The molecule has 1 aliphatic rings. The van der Waals surface area contributed by atoms with Crippen LogP contribution in [0.15, 0.2) is 41.4 Å². The van der Waals surface area contributed by atoms with Gasteiger partial charge in [-0.25, -0.2) is 31.0 Å². The zero-order valence-electron chi connectivity index (χ0n) is 24.5. The molecule has 0 bridgehead atoms. The first-order valence-corrected chi connectivity index (χ1v) is 15.8. The van der Waals surface area contributed by atoms with Gasteiger partial charge in [-0.2, -0.15) is 5.10 Å². The molecular weight excluding hydrogens is 600 g/mol. The van der Waals surface area contributed by atoms with Crippen LogP contribution in [0.5, 0.6) is 0 Å². The van der Waals surface area contributed by atoms with Gasteiger partial charge in [-0.15, -0.1) is 0 Å². The molecule has 1 saturated carbocycles. The molecule has 14 heteroatoms. The van der Waals surface area contributed by atoms with Crippen LogP contribution < -0.4 is 15.8 Å². The quantitative estimate of drug-likeness (QED) is 0.147. The Morgan fingerprint density at radius 1 is 1.05 bits per heavy atom. The summed E-state index contributed by atoms with van der Waals surface area (Å²) in [5, 5.41) is 8.53. The number of ether oxygens (including phenoxy) is 1. The van der Waals surface area contributed by atoms with Crippen LogP contribution in [-0.4, -0.2) is 49.5 Å². The molecule has 0 atom stereocenters. The molecule has 44 heavy (non-hydrogen) atoms. The van der Waals surface area contributed by atoms with Crippen molar-refractivity contribution in [3.8, 4) is 11.3 Å². The van der Waals surface area contributed by atoms with Gasteiger partial charge in [0.05, 0.1) is 23.2 Å². The number of hydrogen-bond acceptors (Lipinski definition) is 7. The smallest absolute Gasteiger partial charge is 0.264 e. The summed E-state index contributed by atoms with van der Waals surface area (Å²) in [6.07, 6.45) is 5.39. The molecule has 0 radical (unpaired) electrons. The van der Waals surface area contributed by atoms with Gasteiger partial charge >= 0.3 is 0 Å². The van der Waals surface area contributed by atoms with Crippen molar-refractivity contribution in [3.63, 3.8) is 0 Å². The van der Waals surface area contributed by atoms with E-state index in [2.05, 4.69) is 15.4 Å². The van der Waals surface area contributed by atoms with Crippen molar-refractivity contribution in [2.75, 3.05) is 30.7 Å². The van der Waals surface area contributed by atoms with Gasteiger partial charge in [0.25, 0.3) is 10.0 Å². The first kappa shape index (κ1) is 31.7. The normalized spacial score (nSPS) is 17.5. The Morgan fingerprint density at radius 2 is 1.77 bits per heavy atom. The number of anilines is 2. The number of hydrogen-bond donors (Lipinski definition) is 3. The number of pyridine rings is 1. The second kappa shape index (κ2) is 12.7. The average Bonchev–Trinajstić information content (AvgIpc) is 3.37. The molecule has 0 saturated heterocycles. The van der Waals surface area contributed by atoms with Gasteiger partial charge in [0.1, 0.15) is 39.7 Å². The summed E-state index contributed by atoms with van der Waals surface area (Å²) in [7, 11) is -3.05. The summed E-state index contributed by atoms with van der Waals surface area (Å²) < 4.78 is 92.6. The first-order chi connectivity index (χ1) is 20.9. The fourth-order valence-electron chi connectivity index (χ4n) is 5.75. The molecule has 0 spiro atoms. The van der Waals surface area contributed by atoms with Crippen molar-refractivity contribution < 1.29 is 30.7 Å². The summed E-state index contributed by atoms with van der Waals surface area (Å²) in [4.78, 5) is 3.49. The Morgan fingerprint density at radius 3 is 2.43 bits per heavy atom. The van der Waals surface area contributed by atoms with Crippen LogP contribution >= 0.6 is 0 Å². The van der Waals surface area contributed by atoms with Crippen LogP contribution in [0.2, 0.25) is 0 Å². The molecule has 0 amide bonds. The van der Waals surface area contributed by atoms with Crippen LogP contribution in [0.1, 0.15) is 57.1 Å². The Hall–Kier alpha value is -3.75. The Labute approximate surface area is 252 Å². The maximum absolute atomic E-state index is 15.7. The minimum absolute atomic E-state index is 0.0610. The molecule has 4 N–H and O–H groups in total. The van der Waals surface area contributed by atoms with Crippen LogP contribution in [0.3, 0.4) is 0 Å². The molecule has 2 heterocycles. The highest BCUT2D eigenvalue weighted by Crippen LogP contribution is 2.42. The lowest BCUT2D eigenvalue weighted by Crippen LogP contribution is -2.34. The topological polar surface area (TPSA) is 124 Å². The molecule has 9 nitrogen and oxygen atoms in total. The summed E-state index contributed by atoms with van der Waals surface area (Å²) in [5.41, 5.74) is 6.99. The Bertz CT molecular complexity index is 1790. The van der Waals surface area contributed by atoms with E-state index in [9.17, 15) is 17.2 Å². The number of aromatic nitrogens is 3. The highest BCUT2D eigenvalue weighted by Gasteiger charge is 2.30. The van der Waals surface area contributed by atoms with Crippen LogP contribution in [0.4, 0.5) is 29.1 Å². The van der Waals surface area contributed by atoms with Crippen LogP contribution in [0.25, 0.3) is 22.2 Å². The third-order valence-corrected chi connectivity index (χ3v) is 9.32. The third kappa shape index (κ3) is 6.24. The fourth-order valence-corrected chi connectivity index (χ4v) is 6.87. The van der Waals surface area contributed by atoms with E-state index in [1.54, 1.807) is 18.0 Å². The molecule has 5 rings (SSSR count). The van der Waals surface area contributed by atoms with E-state index in [1.165, 1.54) is 0 Å². The molecule has 0 unspecified atom stereocenters. The predicted octanol–water partition coefficient (Wildman–Crippen LogP) is 5.88. The monoisotopic (exact) mass is 634 g/mol. The lowest BCUT2D eigenvalue weighted by molar-refractivity contribution is 0.191. The summed E-state index contributed by atoms with van der Waals surface area (Å²) in [6, 6.07) is 3.48. The van der Waals surface area contributed by atoms with E-state index >= 15 is 8.78 Å². The van der Waals surface area contributed by atoms with E-state index in [0.29, 0.717) is 41.8 Å². The summed E-state index contributed by atoms with van der Waals surface area (Å²) in [5.74, 6) is -4.26. The first-order valence-electron chi connectivity index (χ1n) is 14.3. The number of sulfonamides is 1. The van der Waals surface area contributed by atoms with Crippen molar-refractivity contribution in [2.45, 2.75) is 62.4 Å². The number of nitrogens with two attached hydrogens (primary N) is 1. The highest BCUT2D eigenvalue weighted by molar-refractivity contribution is 7.92. The number of nitrogens with one attached hydrogen (secondary N) is 2. The fraction of sp³-hybridized carbons (Fsp3) is 0.400. The lowest BCUT2D eigenvalue weighted by Gasteiger charge is -2.30. The van der Waals surface area contributed by atoms with Gasteiger partial charge in [0, 0.05) is 49.6 Å². The maximum Gasteiger partial charge on any atom is 0.264 e. The second-order valence-electron chi connectivity index (χ2n) is 11.2. The van der Waals surface area contributed by atoms with Crippen molar-refractivity contribution >= 4 is 32.4 Å². The van der Waals surface area contributed by atoms with Gasteiger partial charge in [0.2, 0.25) is 0 Å². The van der Waals surface area contributed by atoms with E-state index in [4.69, 9.17) is 10.5 Å². The number of nitrogens with zero attached hydrogens (tertiary/aromatic N) is 3. The average molecular weight is 635 g/mol. The number of halogens is 4. The number of benzene rings is 2. The van der Waals surface area contributed by atoms with Crippen LogP contribution in [0, 0.1) is 23.3 Å². The number of methoxy groups -OCH3 is 1. The molecule has 2 aromatic carbocycles. The van der Waals surface area contributed by atoms with E-state index in [0.717, 1.165) is 49.9 Å². The van der Waals surface area contributed by atoms with Gasteiger partial charge in [0.15, 0.2) is 0 Å². The molecule has 1 aliphatic carbocycles. The van der Waals surface area contributed by atoms with Gasteiger partial charge in [-0.05, 0) is 69.2 Å². The molecule has 2 aromatic heterocycles. The Balaban J connectivity index is 1.52. The minimum Gasteiger partial charge on any atom is -0.383 e. The van der Waals surface area contributed by atoms with E-state index in [-0.39, 0.29) is 29.0 Å².